The zero-order valence-corrected chi connectivity index (χ0v) is 10.6. The average Bonchev–Trinajstić information content (AvgIpc) is 2.90. The van der Waals surface area contributed by atoms with Crippen molar-refractivity contribution in [2.45, 2.75) is 25.3 Å². The first-order valence-corrected chi connectivity index (χ1v) is 6.63. The Morgan fingerprint density at radius 3 is 2.50 bits per heavy atom. The summed E-state index contributed by atoms with van der Waals surface area (Å²) >= 11 is 0. The minimum absolute atomic E-state index is 0.00979. The van der Waals surface area contributed by atoms with Crippen LogP contribution in [0.15, 0.2) is 0 Å². The fourth-order valence-electron chi connectivity index (χ4n) is 2.56. The number of carboxylic acids is 1. The van der Waals surface area contributed by atoms with Crippen LogP contribution in [0.5, 0.6) is 0 Å². The van der Waals surface area contributed by atoms with Crippen molar-refractivity contribution in [3.63, 3.8) is 0 Å². The van der Waals surface area contributed by atoms with Crippen molar-refractivity contribution in [3.05, 3.63) is 0 Å². The summed E-state index contributed by atoms with van der Waals surface area (Å²) in [7, 11) is 0. The molecule has 0 aromatic rings. The van der Waals surface area contributed by atoms with Crippen molar-refractivity contribution in [2.75, 3.05) is 39.3 Å². The quantitative estimate of drug-likeness (QED) is 0.699. The van der Waals surface area contributed by atoms with Crippen LogP contribution in [0.4, 0.5) is 0 Å². The number of carboxylic acid groups (broad SMARTS) is 1. The molecule has 0 spiro atoms. The first-order chi connectivity index (χ1) is 8.66. The van der Waals surface area contributed by atoms with Crippen LogP contribution in [0.3, 0.4) is 0 Å². The summed E-state index contributed by atoms with van der Waals surface area (Å²) in [6.07, 6.45) is 2.20. The number of hydrogen-bond donors (Lipinski definition) is 2. The Bertz CT molecular complexity index is 308. The summed E-state index contributed by atoms with van der Waals surface area (Å²) in [6.45, 7) is 4.53. The highest BCUT2D eigenvalue weighted by Crippen LogP contribution is 2.11. The molecule has 18 heavy (non-hydrogen) atoms. The molecule has 6 heteroatoms. The van der Waals surface area contributed by atoms with E-state index >= 15 is 0 Å². The second-order valence-electron chi connectivity index (χ2n) is 4.96. The molecule has 2 heterocycles. The number of piperazine rings is 1. The summed E-state index contributed by atoms with van der Waals surface area (Å²) in [5, 5.41) is 11.9. The second kappa shape index (κ2) is 6.15. The number of nitrogens with zero attached hydrogens (tertiary/aromatic N) is 2. The molecule has 6 nitrogen and oxygen atoms in total. The normalized spacial score (nSPS) is 25.3. The van der Waals surface area contributed by atoms with Crippen LogP contribution < -0.4 is 5.32 Å². The van der Waals surface area contributed by atoms with Gasteiger partial charge >= 0.3 is 5.97 Å². The molecule has 2 saturated heterocycles. The summed E-state index contributed by atoms with van der Waals surface area (Å²) < 4.78 is 0. The lowest BCUT2D eigenvalue weighted by Crippen LogP contribution is -2.53. The fourth-order valence-corrected chi connectivity index (χ4v) is 2.56. The maximum atomic E-state index is 12.1. The predicted molar refractivity (Wildman–Crippen MR) is 66.3 cm³/mol. The van der Waals surface area contributed by atoms with Gasteiger partial charge in [-0.1, -0.05) is 0 Å². The van der Waals surface area contributed by atoms with Gasteiger partial charge in [0.1, 0.15) is 0 Å². The summed E-state index contributed by atoms with van der Waals surface area (Å²) in [5.74, 6) is -0.547. The van der Waals surface area contributed by atoms with Crippen LogP contribution in [0, 0.1) is 0 Å². The lowest BCUT2D eigenvalue weighted by Gasteiger charge is -2.35. The van der Waals surface area contributed by atoms with Gasteiger partial charge in [0, 0.05) is 32.7 Å². The van der Waals surface area contributed by atoms with Gasteiger partial charge in [-0.2, -0.15) is 0 Å². The topological polar surface area (TPSA) is 72.9 Å². The van der Waals surface area contributed by atoms with Crippen LogP contribution in [0.2, 0.25) is 0 Å². The number of nitrogens with one attached hydrogen (secondary N) is 1. The molecule has 2 N–H and O–H groups in total. The van der Waals surface area contributed by atoms with Crippen molar-refractivity contribution < 1.29 is 14.7 Å². The molecule has 2 rings (SSSR count). The minimum atomic E-state index is -0.760. The summed E-state index contributed by atoms with van der Waals surface area (Å²) in [4.78, 5) is 26.6. The van der Waals surface area contributed by atoms with Crippen molar-refractivity contribution in [1.29, 1.82) is 0 Å². The molecular formula is C12H21N3O3. The van der Waals surface area contributed by atoms with Gasteiger partial charge in [0.2, 0.25) is 5.91 Å². The Balaban J connectivity index is 1.72. The number of hydrogen-bond acceptors (Lipinski definition) is 4. The predicted octanol–water partition coefficient (Wildman–Crippen LogP) is -0.643. The Kier molecular flexibility index (Phi) is 4.54. The molecule has 102 valence electrons. The smallest absolute Gasteiger partial charge is 0.304 e. The Morgan fingerprint density at radius 1 is 1.22 bits per heavy atom. The van der Waals surface area contributed by atoms with E-state index in [1.807, 2.05) is 4.90 Å². The van der Waals surface area contributed by atoms with E-state index < -0.39 is 5.97 Å². The standard InChI is InChI=1S/C12H21N3O3/c16-11(17)3-5-14-6-8-15(9-7-14)12(18)10-2-1-4-13-10/h10,13H,1-9H2,(H,16,17)/t10-/m0/s1. The molecule has 0 unspecified atom stereocenters. The second-order valence-corrected chi connectivity index (χ2v) is 4.96. The lowest BCUT2D eigenvalue weighted by molar-refractivity contribution is -0.138. The van der Waals surface area contributed by atoms with Crippen LogP contribution in [-0.4, -0.2) is 72.1 Å². The van der Waals surface area contributed by atoms with E-state index in [0.29, 0.717) is 6.54 Å². The van der Waals surface area contributed by atoms with Gasteiger partial charge in [-0.05, 0) is 19.4 Å². The highest BCUT2D eigenvalue weighted by atomic mass is 16.4. The molecule has 0 radical (unpaired) electrons. The third kappa shape index (κ3) is 3.43. The van der Waals surface area contributed by atoms with E-state index in [0.717, 1.165) is 45.6 Å². The molecule has 2 fully saturated rings. The van der Waals surface area contributed by atoms with Gasteiger partial charge < -0.3 is 15.3 Å². The van der Waals surface area contributed by atoms with Crippen LogP contribution >= 0.6 is 0 Å². The largest absolute Gasteiger partial charge is 0.481 e. The lowest BCUT2D eigenvalue weighted by atomic mass is 10.2. The number of carbonyl (C=O) groups excluding carboxylic acids is 1. The third-order valence-electron chi connectivity index (χ3n) is 3.68. The Hall–Kier alpha value is -1.14. The van der Waals surface area contributed by atoms with E-state index in [4.69, 9.17) is 5.11 Å². The van der Waals surface area contributed by atoms with Crippen molar-refractivity contribution in [2.24, 2.45) is 0 Å². The third-order valence-corrected chi connectivity index (χ3v) is 3.68. The number of carbonyl (C=O) groups is 2. The van der Waals surface area contributed by atoms with Crippen molar-refractivity contribution >= 4 is 11.9 Å². The van der Waals surface area contributed by atoms with E-state index in [9.17, 15) is 9.59 Å². The first-order valence-electron chi connectivity index (χ1n) is 6.63. The average molecular weight is 255 g/mol. The maximum Gasteiger partial charge on any atom is 0.304 e. The van der Waals surface area contributed by atoms with E-state index in [1.54, 1.807) is 0 Å². The van der Waals surface area contributed by atoms with Crippen LogP contribution in [0.25, 0.3) is 0 Å². The van der Waals surface area contributed by atoms with Gasteiger partial charge in [0.15, 0.2) is 0 Å². The molecule has 0 bridgehead atoms. The number of aliphatic carboxylic acids is 1. The molecule has 2 aliphatic rings. The molecular weight excluding hydrogens is 234 g/mol. The van der Waals surface area contributed by atoms with Crippen LogP contribution in [0.1, 0.15) is 19.3 Å². The molecule has 0 aliphatic carbocycles. The van der Waals surface area contributed by atoms with Gasteiger partial charge in [0.25, 0.3) is 0 Å². The van der Waals surface area contributed by atoms with Gasteiger partial charge in [-0.3, -0.25) is 14.5 Å². The van der Waals surface area contributed by atoms with E-state index in [2.05, 4.69) is 10.2 Å². The molecule has 2 aliphatic heterocycles. The SMILES string of the molecule is O=C(O)CCN1CCN(C(=O)[C@@H]2CCCN2)CC1. The summed E-state index contributed by atoms with van der Waals surface area (Å²) in [6, 6.07) is 0.00979. The minimum Gasteiger partial charge on any atom is -0.481 e. The van der Waals surface area contributed by atoms with Crippen molar-refractivity contribution in [3.8, 4) is 0 Å². The van der Waals surface area contributed by atoms with Gasteiger partial charge in [-0.15, -0.1) is 0 Å². The molecule has 0 aromatic carbocycles. The number of amides is 1. The zero-order chi connectivity index (χ0) is 13.0. The molecule has 1 amide bonds. The van der Waals surface area contributed by atoms with Crippen molar-refractivity contribution in [1.82, 2.24) is 15.1 Å². The van der Waals surface area contributed by atoms with Crippen LogP contribution in [-0.2, 0) is 9.59 Å². The highest BCUT2D eigenvalue weighted by Gasteiger charge is 2.28. The molecule has 1 atom stereocenters. The van der Waals surface area contributed by atoms with Gasteiger partial charge in [0.05, 0.1) is 12.5 Å². The molecule has 0 saturated carbocycles. The highest BCUT2D eigenvalue weighted by molar-refractivity contribution is 5.82. The van der Waals surface area contributed by atoms with Gasteiger partial charge in [-0.25, -0.2) is 0 Å². The zero-order valence-electron chi connectivity index (χ0n) is 10.6. The monoisotopic (exact) mass is 255 g/mol. The molecule has 0 aromatic heterocycles. The first kappa shape index (κ1) is 13.3. The maximum absolute atomic E-state index is 12.1. The Labute approximate surface area is 107 Å². The van der Waals surface area contributed by atoms with E-state index in [-0.39, 0.29) is 18.4 Å². The number of rotatable bonds is 4. The summed E-state index contributed by atoms with van der Waals surface area (Å²) in [5.41, 5.74) is 0. The van der Waals surface area contributed by atoms with E-state index in [1.165, 1.54) is 0 Å². The Morgan fingerprint density at radius 2 is 1.94 bits per heavy atom. The fraction of sp³-hybridized carbons (Fsp3) is 0.833.